The number of nitrogens with zero attached hydrogens (tertiary/aromatic N) is 3. The molecule has 4 nitrogen and oxygen atoms in total. The number of amides is 1. The van der Waals surface area contributed by atoms with Gasteiger partial charge < -0.3 is 9.47 Å². The van der Waals surface area contributed by atoms with Crippen molar-refractivity contribution in [1.82, 2.24) is 9.55 Å². The van der Waals surface area contributed by atoms with Crippen LogP contribution in [0.15, 0.2) is 42.5 Å². The van der Waals surface area contributed by atoms with Crippen LogP contribution in [0.3, 0.4) is 0 Å². The van der Waals surface area contributed by atoms with Gasteiger partial charge in [0.15, 0.2) is 0 Å². The second kappa shape index (κ2) is 8.49. The molecular formula is C27H33N3O. The first kappa shape index (κ1) is 20.3. The Bertz CT molecular complexity index is 1070. The minimum Gasteiger partial charge on any atom is -0.328 e. The van der Waals surface area contributed by atoms with Gasteiger partial charge in [0, 0.05) is 31.1 Å². The number of aryl methyl sites for hydroxylation is 3. The Kier molecular flexibility index (Phi) is 5.56. The largest absolute Gasteiger partial charge is 0.328 e. The number of fused-ring (bicyclic) bond motifs is 1. The Balaban J connectivity index is 1.45. The summed E-state index contributed by atoms with van der Waals surface area (Å²) in [7, 11) is 0. The van der Waals surface area contributed by atoms with E-state index in [0.29, 0.717) is 6.42 Å². The van der Waals surface area contributed by atoms with E-state index in [2.05, 4.69) is 60.9 Å². The number of carbonyl (C=O) groups excluding carboxylic acids is 1. The summed E-state index contributed by atoms with van der Waals surface area (Å²) in [5, 5.41) is 0. The summed E-state index contributed by atoms with van der Waals surface area (Å²) >= 11 is 0. The normalized spacial score (nSPS) is 20.1. The second-order valence-electron chi connectivity index (χ2n) is 9.55. The topological polar surface area (TPSA) is 38.1 Å². The molecule has 1 saturated carbocycles. The number of para-hydroxylation sites is 3. The smallest absolute Gasteiger partial charge is 0.227 e. The number of hydrogen-bond acceptors (Lipinski definition) is 2. The molecule has 31 heavy (non-hydrogen) atoms. The van der Waals surface area contributed by atoms with E-state index in [-0.39, 0.29) is 11.8 Å². The number of rotatable bonds is 5. The van der Waals surface area contributed by atoms with Crippen LogP contribution in [-0.2, 0) is 11.3 Å². The van der Waals surface area contributed by atoms with E-state index in [1.54, 1.807) is 0 Å². The zero-order valence-electron chi connectivity index (χ0n) is 18.8. The van der Waals surface area contributed by atoms with Crippen LogP contribution >= 0.6 is 0 Å². The third-order valence-electron chi connectivity index (χ3n) is 7.37. The fourth-order valence-corrected chi connectivity index (χ4v) is 5.76. The molecule has 2 heterocycles. The molecular weight excluding hydrogens is 382 g/mol. The van der Waals surface area contributed by atoms with Gasteiger partial charge in [-0.15, -0.1) is 0 Å². The van der Waals surface area contributed by atoms with Crippen LogP contribution in [0, 0.1) is 19.8 Å². The molecule has 1 aromatic heterocycles. The highest BCUT2D eigenvalue weighted by molar-refractivity contribution is 5.98. The molecule has 0 bridgehead atoms. The highest BCUT2D eigenvalue weighted by Crippen LogP contribution is 2.36. The van der Waals surface area contributed by atoms with Crippen molar-refractivity contribution in [3.05, 3.63) is 59.4 Å². The predicted molar refractivity (Wildman–Crippen MR) is 127 cm³/mol. The van der Waals surface area contributed by atoms with Gasteiger partial charge in [-0.3, -0.25) is 4.79 Å². The predicted octanol–water partition coefficient (Wildman–Crippen LogP) is 6.14. The minimum atomic E-state index is 0.144. The molecule has 2 aliphatic rings. The van der Waals surface area contributed by atoms with Crippen molar-refractivity contribution >= 4 is 22.6 Å². The SMILES string of the molecule is Cc1cccc(C)c1N1CC(c2nc3ccccc3n2CCC2CCCCC2)CC1=O. The lowest BCUT2D eigenvalue weighted by atomic mass is 9.87. The third kappa shape index (κ3) is 3.88. The van der Waals surface area contributed by atoms with Gasteiger partial charge in [0.05, 0.1) is 11.0 Å². The van der Waals surface area contributed by atoms with Crippen LogP contribution in [0.2, 0.25) is 0 Å². The zero-order chi connectivity index (χ0) is 21.4. The Hall–Kier alpha value is -2.62. The van der Waals surface area contributed by atoms with Crippen molar-refractivity contribution in [3.63, 3.8) is 0 Å². The van der Waals surface area contributed by atoms with E-state index >= 15 is 0 Å². The van der Waals surface area contributed by atoms with Crippen LogP contribution in [-0.4, -0.2) is 22.0 Å². The molecule has 1 unspecified atom stereocenters. The maximum Gasteiger partial charge on any atom is 0.227 e. The van der Waals surface area contributed by atoms with Gasteiger partial charge in [0.2, 0.25) is 5.91 Å². The fourth-order valence-electron chi connectivity index (χ4n) is 5.76. The molecule has 4 heteroatoms. The monoisotopic (exact) mass is 415 g/mol. The van der Waals surface area contributed by atoms with Crippen molar-refractivity contribution in [2.45, 2.75) is 71.3 Å². The standard InChI is InChI=1S/C27H33N3O/c1-19-9-8-10-20(2)26(19)30-18-22(17-25(30)31)27-28-23-13-6-7-14-24(23)29(27)16-15-21-11-4-3-5-12-21/h6-10,13-14,21-22H,3-5,11-12,15-18H2,1-2H3. The number of anilines is 1. The first-order valence-corrected chi connectivity index (χ1v) is 11.9. The quantitative estimate of drug-likeness (QED) is 0.502. The Morgan fingerprint density at radius 2 is 1.71 bits per heavy atom. The average molecular weight is 416 g/mol. The van der Waals surface area contributed by atoms with Gasteiger partial charge in [-0.2, -0.15) is 0 Å². The van der Waals surface area contributed by atoms with Gasteiger partial charge in [0.1, 0.15) is 5.82 Å². The first-order valence-electron chi connectivity index (χ1n) is 11.9. The summed E-state index contributed by atoms with van der Waals surface area (Å²) in [4.78, 5) is 20.1. The van der Waals surface area contributed by atoms with E-state index in [1.807, 2.05) is 4.90 Å². The lowest BCUT2D eigenvalue weighted by Gasteiger charge is -2.23. The summed E-state index contributed by atoms with van der Waals surface area (Å²) in [6.45, 7) is 5.93. The first-order chi connectivity index (χ1) is 15.1. The highest BCUT2D eigenvalue weighted by atomic mass is 16.2. The van der Waals surface area contributed by atoms with Crippen LogP contribution in [0.25, 0.3) is 11.0 Å². The van der Waals surface area contributed by atoms with E-state index in [0.717, 1.165) is 36.0 Å². The van der Waals surface area contributed by atoms with Crippen LogP contribution in [0.4, 0.5) is 5.69 Å². The van der Waals surface area contributed by atoms with E-state index in [9.17, 15) is 4.79 Å². The molecule has 1 aliphatic heterocycles. The Morgan fingerprint density at radius 1 is 0.968 bits per heavy atom. The van der Waals surface area contributed by atoms with E-state index in [4.69, 9.17) is 4.98 Å². The van der Waals surface area contributed by atoms with Crippen molar-refractivity contribution in [2.24, 2.45) is 5.92 Å². The average Bonchev–Trinajstić information content (AvgIpc) is 3.33. The van der Waals surface area contributed by atoms with Gasteiger partial charge in [-0.25, -0.2) is 4.98 Å². The van der Waals surface area contributed by atoms with Gasteiger partial charge in [0.25, 0.3) is 0 Å². The maximum atomic E-state index is 13.1. The molecule has 0 N–H and O–H groups in total. The molecule has 1 atom stereocenters. The number of imidazole rings is 1. The summed E-state index contributed by atoms with van der Waals surface area (Å²) < 4.78 is 2.43. The number of benzene rings is 2. The molecule has 5 rings (SSSR count). The van der Waals surface area contributed by atoms with Crippen molar-refractivity contribution in [3.8, 4) is 0 Å². The van der Waals surface area contributed by atoms with Crippen molar-refractivity contribution in [2.75, 3.05) is 11.4 Å². The van der Waals surface area contributed by atoms with Crippen molar-refractivity contribution < 1.29 is 4.79 Å². The summed E-state index contributed by atoms with van der Waals surface area (Å²) in [5.74, 6) is 2.29. The van der Waals surface area contributed by atoms with Crippen LogP contribution in [0.5, 0.6) is 0 Å². The van der Waals surface area contributed by atoms with Gasteiger partial charge in [-0.05, 0) is 49.4 Å². The molecule has 2 aromatic carbocycles. The van der Waals surface area contributed by atoms with E-state index < -0.39 is 0 Å². The molecule has 0 radical (unpaired) electrons. The lowest BCUT2D eigenvalue weighted by molar-refractivity contribution is -0.117. The maximum absolute atomic E-state index is 13.1. The lowest BCUT2D eigenvalue weighted by Crippen LogP contribution is -2.26. The second-order valence-corrected chi connectivity index (χ2v) is 9.55. The van der Waals surface area contributed by atoms with Crippen LogP contribution in [0.1, 0.15) is 67.8 Å². The molecule has 0 spiro atoms. The Morgan fingerprint density at radius 3 is 2.48 bits per heavy atom. The zero-order valence-corrected chi connectivity index (χ0v) is 18.8. The number of carbonyl (C=O) groups is 1. The third-order valence-corrected chi connectivity index (χ3v) is 7.37. The van der Waals surface area contributed by atoms with Crippen LogP contribution < -0.4 is 4.90 Å². The fraction of sp³-hybridized carbons (Fsp3) is 0.481. The molecule has 1 saturated heterocycles. The molecule has 1 aliphatic carbocycles. The molecule has 2 fully saturated rings. The number of aromatic nitrogens is 2. The number of hydrogen-bond donors (Lipinski definition) is 0. The summed E-state index contributed by atoms with van der Waals surface area (Å²) in [5.41, 5.74) is 5.69. The van der Waals surface area contributed by atoms with Gasteiger partial charge >= 0.3 is 0 Å². The molecule has 3 aromatic rings. The Labute approximate surface area is 185 Å². The highest BCUT2D eigenvalue weighted by Gasteiger charge is 2.36. The summed E-state index contributed by atoms with van der Waals surface area (Å²) in [6.07, 6.45) is 8.64. The molecule has 1 amide bonds. The van der Waals surface area contributed by atoms with Crippen molar-refractivity contribution in [1.29, 1.82) is 0 Å². The van der Waals surface area contributed by atoms with Gasteiger partial charge in [-0.1, -0.05) is 62.4 Å². The van der Waals surface area contributed by atoms with E-state index in [1.165, 1.54) is 55.2 Å². The summed E-state index contributed by atoms with van der Waals surface area (Å²) in [6, 6.07) is 14.7. The molecule has 162 valence electrons. The minimum absolute atomic E-state index is 0.144.